The van der Waals surface area contributed by atoms with E-state index in [9.17, 15) is 14.4 Å². The Hall–Kier alpha value is -1.79. The summed E-state index contributed by atoms with van der Waals surface area (Å²) in [6.07, 6.45) is 4.13. The highest BCUT2D eigenvalue weighted by molar-refractivity contribution is 5.87. The fourth-order valence-corrected chi connectivity index (χ4v) is 1.78. The summed E-state index contributed by atoms with van der Waals surface area (Å²) < 4.78 is 0. The number of carboxylic acids is 1. The van der Waals surface area contributed by atoms with Crippen LogP contribution in [0.1, 0.15) is 32.1 Å². The lowest BCUT2D eigenvalue weighted by molar-refractivity contribution is -0.140. The van der Waals surface area contributed by atoms with Gasteiger partial charge in [0.2, 0.25) is 5.91 Å². The molecule has 0 aromatic carbocycles. The molecule has 3 amide bonds. The fourth-order valence-electron chi connectivity index (χ4n) is 1.78. The number of amides is 3. The Morgan fingerprint density at radius 1 is 1.33 bits per heavy atom. The van der Waals surface area contributed by atoms with Crippen molar-refractivity contribution < 1.29 is 19.5 Å². The summed E-state index contributed by atoms with van der Waals surface area (Å²) in [5.41, 5.74) is 4.90. The van der Waals surface area contributed by atoms with Crippen LogP contribution in [0.15, 0.2) is 0 Å². The smallest absolute Gasteiger partial charge is 0.326 e. The predicted molar refractivity (Wildman–Crippen MR) is 63.7 cm³/mol. The van der Waals surface area contributed by atoms with Gasteiger partial charge in [-0.1, -0.05) is 19.3 Å². The van der Waals surface area contributed by atoms with E-state index in [0.717, 1.165) is 6.42 Å². The zero-order chi connectivity index (χ0) is 13.5. The maximum Gasteiger partial charge on any atom is 0.326 e. The molecule has 1 saturated carbocycles. The molecule has 1 atom stereocenters. The van der Waals surface area contributed by atoms with Crippen LogP contribution in [0, 0.1) is 5.92 Å². The number of urea groups is 1. The normalized spacial score (nSPS) is 16.4. The Bertz CT molecular complexity index is 328. The van der Waals surface area contributed by atoms with Crippen molar-refractivity contribution in [2.24, 2.45) is 11.7 Å². The molecule has 7 heteroatoms. The van der Waals surface area contributed by atoms with E-state index in [0.29, 0.717) is 12.5 Å². The number of hydrogen-bond donors (Lipinski definition) is 4. The highest BCUT2D eigenvalue weighted by Gasteiger charge is 2.22. The molecule has 1 fully saturated rings. The zero-order valence-electron chi connectivity index (χ0n) is 10.1. The minimum Gasteiger partial charge on any atom is -0.480 e. The predicted octanol–water partition coefficient (Wildman–Crippen LogP) is -0.196. The first kappa shape index (κ1) is 14.3. The van der Waals surface area contributed by atoms with E-state index < -0.39 is 30.4 Å². The van der Waals surface area contributed by atoms with Gasteiger partial charge in [0.15, 0.2) is 0 Å². The number of primary amides is 1. The van der Waals surface area contributed by atoms with Crippen molar-refractivity contribution in [3.05, 3.63) is 0 Å². The van der Waals surface area contributed by atoms with Crippen LogP contribution in [0.4, 0.5) is 4.79 Å². The molecular weight excluding hydrogens is 238 g/mol. The Labute approximate surface area is 105 Å². The molecule has 0 spiro atoms. The van der Waals surface area contributed by atoms with Gasteiger partial charge in [-0.15, -0.1) is 0 Å². The summed E-state index contributed by atoms with van der Waals surface area (Å²) in [5.74, 6) is -1.37. The van der Waals surface area contributed by atoms with Crippen LogP contribution in [0.3, 0.4) is 0 Å². The van der Waals surface area contributed by atoms with Gasteiger partial charge >= 0.3 is 12.0 Å². The Balaban J connectivity index is 2.22. The van der Waals surface area contributed by atoms with E-state index in [4.69, 9.17) is 10.8 Å². The van der Waals surface area contributed by atoms with E-state index >= 15 is 0 Å². The van der Waals surface area contributed by atoms with Gasteiger partial charge < -0.3 is 21.5 Å². The quantitative estimate of drug-likeness (QED) is 0.504. The molecule has 1 aliphatic carbocycles. The van der Waals surface area contributed by atoms with Crippen molar-refractivity contribution in [1.29, 1.82) is 0 Å². The summed E-state index contributed by atoms with van der Waals surface area (Å²) in [5, 5.41) is 13.6. The average Bonchev–Trinajstić information content (AvgIpc) is 2.20. The minimum absolute atomic E-state index is 0.411. The molecule has 1 aliphatic rings. The number of carbonyl (C=O) groups excluding carboxylic acids is 2. The Morgan fingerprint density at radius 3 is 2.44 bits per heavy atom. The first-order valence-corrected chi connectivity index (χ1v) is 6.04. The van der Waals surface area contributed by atoms with Crippen LogP contribution in [0.2, 0.25) is 0 Å². The molecule has 0 radical (unpaired) electrons. The van der Waals surface area contributed by atoms with Crippen molar-refractivity contribution in [3.63, 3.8) is 0 Å². The first-order chi connectivity index (χ1) is 8.49. The number of aliphatic carboxylic acids is 1. The average molecular weight is 257 g/mol. The number of carbonyl (C=O) groups is 3. The van der Waals surface area contributed by atoms with Gasteiger partial charge in [-0.3, -0.25) is 4.79 Å². The maximum atomic E-state index is 11.4. The van der Waals surface area contributed by atoms with Crippen molar-refractivity contribution in [1.82, 2.24) is 10.6 Å². The third-order valence-corrected chi connectivity index (χ3v) is 3.07. The van der Waals surface area contributed by atoms with Crippen molar-refractivity contribution in [2.75, 3.05) is 6.54 Å². The van der Waals surface area contributed by atoms with Crippen molar-refractivity contribution in [2.45, 2.75) is 38.1 Å². The van der Waals surface area contributed by atoms with Gasteiger partial charge in [0.25, 0.3) is 0 Å². The number of rotatable bonds is 7. The molecule has 5 N–H and O–H groups in total. The minimum atomic E-state index is -1.28. The maximum absolute atomic E-state index is 11.4. The molecular formula is C11H19N3O4. The van der Waals surface area contributed by atoms with Gasteiger partial charge in [0.1, 0.15) is 6.04 Å². The second-order valence-corrected chi connectivity index (χ2v) is 4.55. The third-order valence-electron chi connectivity index (χ3n) is 3.07. The summed E-state index contributed by atoms with van der Waals surface area (Å²) in [7, 11) is 0. The molecule has 1 rings (SSSR count). The van der Waals surface area contributed by atoms with Gasteiger partial charge in [-0.25, -0.2) is 9.59 Å². The van der Waals surface area contributed by atoms with Crippen molar-refractivity contribution in [3.8, 4) is 0 Å². The molecule has 0 aromatic heterocycles. The lowest BCUT2D eigenvalue weighted by Crippen LogP contribution is -2.48. The molecule has 18 heavy (non-hydrogen) atoms. The Kier molecular flexibility index (Phi) is 5.41. The molecule has 102 valence electrons. The lowest BCUT2D eigenvalue weighted by atomic mass is 9.83. The Morgan fingerprint density at radius 2 is 2.00 bits per heavy atom. The molecule has 0 aromatic rings. The number of nitrogens with two attached hydrogens (primary N) is 1. The topological polar surface area (TPSA) is 122 Å². The van der Waals surface area contributed by atoms with Gasteiger partial charge in [0, 0.05) is 6.54 Å². The van der Waals surface area contributed by atoms with Gasteiger partial charge in [-0.05, 0) is 12.3 Å². The van der Waals surface area contributed by atoms with Gasteiger partial charge in [-0.2, -0.15) is 0 Å². The molecule has 0 saturated heterocycles. The summed E-state index contributed by atoms with van der Waals surface area (Å²) in [6.45, 7) is 0.513. The second kappa shape index (κ2) is 6.83. The van der Waals surface area contributed by atoms with Crippen LogP contribution < -0.4 is 16.4 Å². The molecule has 1 unspecified atom stereocenters. The number of carboxylic acid groups (broad SMARTS) is 1. The van der Waals surface area contributed by atoms with E-state index in [1.807, 2.05) is 0 Å². The SMILES string of the molecule is NC(=O)CC(NC(=O)NCCC1CCC1)C(=O)O. The van der Waals surface area contributed by atoms with Crippen LogP contribution in [-0.4, -0.2) is 35.6 Å². The largest absolute Gasteiger partial charge is 0.480 e. The van der Waals surface area contributed by atoms with Gasteiger partial charge in [0.05, 0.1) is 6.42 Å². The van der Waals surface area contributed by atoms with Crippen LogP contribution in [0.5, 0.6) is 0 Å². The fraction of sp³-hybridized carbons (Fsp3) is 0.727. The van der Waals surface area contributed by atoms with E-state index in [1.165, 1.54) is 19.3 Å². The highest BCUT2D eigenvalue weighted by Crippen LogP contribution is 2.28. The monoisotopic (exact) mass is 257 g/mol. The zero-order valence-corrected chi connectivity index (χ0v) is 10.1. The van der Waals surface area contributed by atoms with Crippen LogP contribution in [0.25, 0.3) is 0 Å². The van der Waals surface area contributed by atoms with Crippen LogP contribution >= 0.6 is 0 Å². The molecule has 7 nitrogen and oxygen atoms in total. The number of hydrogen-bond acceptors (Lipinski definition) is 3. The molecule has 0 heterocycles. The standard InChI is InChI=1S/C11H19N3O4/c12-9(15)6-8(10(16)17)14-11(18)13-5-4-7-2-1-3-7/h7-8H,1-6H2,(H2,12,15)(H,16,17)(H2,13,14,18). The lowest BCUT2D eigenvalue weighted by Gasteiger charge is -2.25. The van der Waals surface area contributed by atoms with E-state index in [1.54, 1.807) is 0 Å². The van der Waals surface area contributed by atoms with Crippen LogP contribution in [-0.2, 0) is 9.59 Å². The summed E-state index contributed by atoms with van der Waals surface area (Å²) >= 11 is 0. The summed E-state index contributed by atoms with van der Waals surface area (Å²) in [4.78, 5) is 32.8. The van der Waals surface area contributed by atoms with E-state index in [2.05, 4.69) is 10.6 Å². The first-order valence-electron chi connectivity index (χ1n) is 6.04. The van der Waals surface area contributed by atoms with Crippen molar-refractivity contribution >= 4 is 17.9 Å². The highest BCUT2D eigenvalue weighted by atomic mass is 16.4. The second-order valence-electron chi connectivity index (χ2n) is 4.55. The number of nitrogens with one attached hydrogen (secondary N) is 2. The summed E-state index contributed by atoms with van der Waals surface area (Å²) in [6, 6.07) is -1.85. The molecule has 0 bridgehead atoms. The third kappa shape index (κ3) is 5.03. The molecule has 0 aliphatic heterocycles. The van der Waals surface area contributed by atoms with E-state index in [-0.39, 0.29) is 0 Å².